The minimum atomic E-state index is -0.715. The van der Waals surface area contributed by atoms with Gasteiger partial charge in [0.1, 0.15) is 5.76 Å². The van der Waals surface area contributed by atoms with Crippen LogP contribution < -0.4 is 4.90 Å². The molecule has 1 aliphatic rings. The Labute approximate surface area is 195 Å². The number of aryl methyl sites for hydroxylation is 1. The van der Waals surface area contributed by atoms with Crippen LogP contribution >= 0.6 is 0 Å². The topological polar surface area (TPSA) is 57.6 Å². The second-order valence-electron chi connectivity index (χ2n) is 9.43. The van der Waals surface area contributed by atoms with Crippen molar-refractivity contribution in [3.63, 3.8) is 0 Å². The maximum absolute atomic E-state index is 13.2. The number of nitrogens with zero attached hydrogens (tertiary/aromatic N) is 1. The van der Waals surface area contributed by atoms with Crippen molar-refractivity contribution in [2.24, 2.45) is 0 Å². The quantitative estimate of drug-likeness (QED) is 0.300. The molecule has 3 aromatic rings. The molecule has 1 aliphatic heterocycles. The lowest BCUT2D eigenvalue weighted by Crippen LogP contribution is -2.29. The van der Waals surface area contributed by atoms with Gasteiger partial charge in [0, 0.05) is 11.3 Å². The molecule has 4 heteroatoms. The Morgan fingerprint density at radius 3 is 2.03 bits per heavy atom. The second-order valence-corrected chi connectivity index (χ2v) is 9.43. The minimum Gasteiger partial charge on any atom is -0.507 e. The van der Waals surface area contributed by atoms with E-state index in [1.165, 1.54) is 4.90 Å². The Morgan fingerprint density at radius 2 is 1.48 bits per heavy atom. The maximum atomic E-state index is 13.2. The zero-order valence-corrected chi connectivity index (χ0v) is 19.5. The van der Waals surface area contributed by atoms with Crippen LogP contribution in [-0.2, 0) is 21.4 Å². The number of carbonyl (C=O) groups is 2. The summed E-state index contributed by atoms with van der Waals surface area (Å²) >= 11 is 0. The molecule has 0 bridgehead atoms. The molecule has 0 saturated carbocycles. The summed E-state index contributed by atoms with van der Waals surface area (Å²) in [6, 6.07) is 23.8. The second kappa shape index (κ2) is 8.70. The van der Waals surface area contributed by atoms with E-state index >= 15 is 0 Å². The molecule has 33 heavy (non-hydrogen) atoms. The van der Waals surface area contributed by atoms with Gasteiger partial charge in [0.2, 0.25) is 0 Å². The Morgan fingerprint density at radius 1 is 0.879 bits per heavy atom. The van der Waals surface area contributed by atoms with Gasteiger partial charge in [-0.15, -0.1) is 0 Å². The van der Waals surface area contributed by atoms with Crippen molar-refractivity contribution in [2.75, 3.05) is 4.90 Å². The van der Waals surface area contributed by atoms with Crippen LogP contribution in [0.1, 0.15) is 56.0 Å². The first-order chi connectivity index (χ1) is 15.7. The van der Waals surface area contributed by atoms with Crippen molar-refractivity contribution in [2.45, 2.75) is 45.6 Å². The van der Waals surface area contributed by atoms with Crippen LogP contribution in [-0.4, -0.2) is 16.8 Å². The van der Waals surface area contributed by atoms with E-state index in [9.17, 15) is 14.7 Å². The van der Waals surface area contributed by atoms with Gasteiger partial charge in [0.15, 0.2) is 0 Å². The van der Waals surface area contributed by atoms with Gasteiger partial charge in [-0.1, -0.05) is 94.4 Å². The number of hydrogen-bond donors (Lipinski definition) is 1. The van der Waals surface area contributed by atoms with Gasteiger partial charge in [0.25, 0.3) is 11.7 Å². The summed E-state index contributed by atoms with van der Waals surface area (Å²) in [6.07, 6.45) is 0.875. The standard InChI is InChI=1S/C29H29NO3/c1-5-19-11-13-21(14-12-19)26(31)24-25(20-15-17-22(18-16-20)29(2,3)4)30(28(33)27(24)32)23-9-7-6-8-10-23/h6-18,25,31H,5H2,1-4H3/b26-24-. The zero-order valence-electron chi connectivity index (χ0n) is 19.5. The molecule has 1 fully saturated rings. The summed E-state index contributed by atoms with van der Waals surface area (Å²) in [4.78, 5) is 27.9. The van der Waals surface area contributed by atoms with E-state index in [0.29, 0.717) is 11.3 Å². The van der Waals surface area contributed by atoms with E-state index in [0.717, 1.165) is 23.1 Å². The van der Waals surface area contributed by atoms with Crippen molar-refractivity contribution in [1.29, 1.82) is 0 Å². The largest absolute Gasteiger partial charge is 0.507 e. The van der Waals surface area contributed by atoms with E-state index in [1.807, 2.05) is 54.6 Å². The number of benzene rings is 3. The van der Waals surface area contributed by atoms with Crippen LogP contribution in [0.25, 0.3) is 5.76 Å². The lowest BCUT2D eigenvalue weighted by atomic mass is 9.85. The fraction of sp³-hybridized carbons (Fsp3) is 0.241. The van der Waals surface area contributed by atoms with Crippen LogP contribution in [0.5, 0.6) is 0 Å². The molecular formula is C29H29NO3. The smallest absolute Gasteiger partial charge is 0.300 e. The number of aliphatic hydroxyl groups excluding tert-OH is 1. The number of rotatable bonds is 4. The Kier molecular flexibility index (Phi) is 5.94. The number of carbonyl (C=O) groups excluding carboxylic acids is 2. The van der Waals surface area contributed by atoms with Crippen LogP contribution in [0.15, 0.2) is 84.4 Å². The Bertz CT molecular complexity index is 1200. The van der Waals surface area contributed by atoms with Gasteiger partial charge in [-0.3, -0.25) is 14.5 Å². The maximum Gasteiger partial charge on any atom is 0.300 e. The first-order valence-electron chi connectivity index (χ1n) is 11.3. The molecule has 1 heterocycles. The average molecular weight is 440 g/mol. The Hall–Kier alpha value is -3.66. The molecule has 1 amide bonds. The van der Waals surface area contributed by atoms with E-state index in [4.69, 9.17) is 0 Å². The van der Waals surface area contributed by atoms with Crippen molar-refractivity contribution in [3.8, 4) is 0 Å². The lowest BCUT2D eigenvalue weighted by molar-refractivity contribution is -0.132. The van der Waals surface area contributed by atoms with E-state index in [1.54, 1.807) is 24.3 Å². The molecule has 4 nitrogen and oxygen atoms in total. The number of anilines is 1. The number of Topliss-reactive ketones (excluding diaryl/α,β-unsaturated/α-hetero) is 1. The molecule has 1 atom stereocenters. The highest BCUT2D eigenvalue weighted by molar-refractivity contribution is 6.51. The summed E-state index contributed by atoms with van der Waals surface area (Å²) in [5, 5.41) is 11.2. The number of hydrogen-bond acceptors (Lipinski definition) is 3. The highest BCUT2D eigenvalue weighted by Crippen LogP contribution is 2.42. The van der Waals surface area contributed by atoms with Crippen LogP contribution in [0.2, 0.25) is 0 Å². The third kappa shape index (κ3) is 4.21. The molecular weight excluding hydrogens is 410 g/mol. The Balaban J connectivity index is 1.90. The normalized spacial score (nSPS) is 18.1. The number of ketones is 1. The molecule has 1 unspecified atom stereocenters. The molecule has 0 aliphatic carbocycles. The molecule has 0 spiro atoms. The average Bonchev–Trinajstić information content (AvgIpc) is 3.09. The summed E-state index contributed by atoms with van der Waals surface area (Å²) in [6.45, 7) is 8.47. The highest BCUT2D eigenvalue weighted by Gasteiger charge is 2.46. The molecule has 1 saturated heterocycles. The van der Waals surface area contributed by atoms with Crippen molar-refractivity contribution in [1.82, 2.24) is 0 Å². The summed E-state index contributed by atoms with van der Waals surface area (Å²) in [5.74, 6) is -1.47. The van der Waals surface area contributed by atoms with Gasteiger partial charge < -0.3 is 5.11 Å². The molecule has 0 radical (unpaired) electrons. The third-order valence-corrected chi connectivity index (χ3v) is 6.21. The van der Waals surface area contributed by atoms with Crippen molar-refractivity contribution in [3.05, 3.63) is 107 Å². The van der Waals surface area contributed by atoms with Crippen molar-refractivity contribution >= 4 is 23.1 Å². The van der Waals surface area contributed by atoms with Gasteiger partial charge in [-0.25, -0.2) is 0 Å². The zero-order chi connectivity index (χ0) is 23.8. The van der Waals surface area contributed by atoms with Crippen LogP contribution in [0.3, 0.4) is 0 Å². The third-order valence-electron chi connectivity index (χ3n) is 6.21. The minimum absolute atomic E-state index is 0.0270. The summed E-state index contributed by atoms with van der Waals surface area (Å²) in [7, 11) is 0. The molecule has 1 N–H and O–H groups in total. The molecule has 3 aromatic carbocycles. The number of para-hydroxylation sites is 1. The monoisotopic (exact) mass is 439 g/mol. The summed E-state index contributed by atoms with van der Waals surface area (Å²) in [5.41, 5.74) is 4.28. The van der Waals surface area contributed by atoms with E-state index in [-0.39, 0.29) is 16.7 Å². The van der Waals surface area contributed by atoms with Gasteiger partial charge in [-0.05, 0) is 40.7 Å². The number of amides is 1. The molecule has 0 aromatic heterocycles. The van der Waals surface area contributed by atoms with Crippen molar-refractivity contribution < 1.29 is 14.7 Å². The molecule has 4 rings (SSSR count). The van der Waals surface area contributed by atoms with E-state index < -0.39 is 17.7 Å². The van der Waals surface area contributed by atoms with E-state index in [2.05, 4.69) is 27.7 Å². The fourth-order valence-corrected chi connectivity index (χ4v) is 4.22. The van der Waals surface area contributed by atoms with Gasteiger partial charge in [-0.2, -0.15) is 0 Å². The predicted octanol–water partition coefficient (Wildman–Crippen LogP) is 6.17. The highest BCUT2D eigenvalue weighted by atomic mass is 16.3. The SMILES string of the molecule is CCc1ccc(/C(O)=C2/C(=O)C(=O)N(c3ccccc3)C2c2ccc(C(C)(C)C)cc2)cc1. The van der Waals surface area contributed by atoms with Crippen LogP contribution in [0.4, 0.5) is 5.69 Å². The lowest BCUT2D eigenvalue weighted by Gasteiger charge is -2.26. The summed E-state index contributed by atoms with van der Waals surface area (Å²) < 4.78 is 0. The predicted molar refractivity (Wildman–Crippen MR) is 132 cm³/mol. The fourth-order valence-electron chi connectivity index (χ4n) is 4.22. The van der Waals surface area contributed by atoms with Gasteiger partial charge in [0.05, 0.1) is 11.6 Å². The first kappa shape index (κ1) is 22.5. The first-order valence-corrected chi connectivity index (χ1v) is 11.3. The van der Waals surface area contributed by atoms with Crippen LogP contribution in [0, 0.1) is 0 Å². The molecule has 168 valence electrons. The van der Waals surface area contributed by atoms with Gasteiger partial charge >= 0.3 is 0 Å². The number of aliphatic hydroxyl groups is 1.